The molecule has 0 spiro atoms. The lowest BCUT2D eigenvalue weighted by atomic mass is 10.0. The maximum absolute atomic E-state index is 13.4. The summed E-state index contributed by atoms with van der Waals surface area (Å²) in [4.78, 5) is 32.7. The van der Waals surface area contributed by atoms with Crippen LogP contribution in [-0.4, -0.2) is 49.4 Å². The zero-order valence-electron chi connectivity index (χ0n) is 17.3. The van der Waals surface area contributed by atoms with Gasteiger partial charge in [-0.25, -0.2) is 0 Å². The van der Waals surface area contributed by atoms with Crippen LogP contribution in [0.1, 0.15) is 25.3 Å². The number of amides is 2. The normalized spacial score (nSPS) is 17.7. The molecule has 1 aliphatic carbocycles. The SMILES string of the molecule is CCN(C(=O)C1(C(=O)N2CCN(c3ccccc3)CC2)CC1)c1cccc(C)c1. The van der Waals surface area contributed by atoms with Gasteiger partial charge in [0.05, 0.1) is 0 Å². The van der Waals surface area contributed by atoms with Crippen LogP contribution in [0.3, 0.4) is 0 Å². The smallest absolute Gasteiger partial charge is 0.242 e. The third-order valence-electron chi connectivity index (χ3n) is 6.13. The minimum atomic E-state index is -0.853. The van der Waals surface area contributed by atoms with Gasteiger partial charge in [-0.05, 0) is 56.5 Å². The topological polar surface area (TPSA) is 43.9 Å². The lowest BCUT2D eigenvalue weighted by Crippen LogP contribution is -2.53. The van der Waals surface area contributed by atoms with Crippen molar-refractivity contribution in [2.45, 2.75) is 26.7 Å². The van der Waals surface area contributed by atoms with E-state index in [0.29, 0.717) is 32.5 Å². The van der Waals surface area contributed by atoms with Gasteiger partial charge in [0.1, 0.15) is 5.41 Å². The molecule has 1 saturated heterocycles. The number of piperazine rings is 1. The Morgan fingerprint density at radius 2 is 1.66 bits per heavy atom. The molecular formula is C24H29N3O2. The molecule has 2 aromatic rings. The van der Waals surface area contributed by atoms with Gasteiger partial charge in [-0.3, -0.25) is 9.59 Å². The molecule has 2 amide bonds. The first-order valence-corrected chi connectivity index (χ1v) is 10.5. The van der Waals surface area contributed by atoms with Crippen LogP contribution in [0.5, 0.6) is 0 Å². The standard InChI is InChI=1S/C24H29N3O2/c1-3-27(21-11-7-8-19(2)18-21)23(29)24(12-13-24)22(28)26-16-14-25(15-17-26)20-9-5-4-6-10-20/h4-11,18H,3,12-17H2,1-2H3. The second kappa shape index (κ2) is 7.90. The summed E-state index contributed by atoms with van der Waals surface area (Å²) in [5, 5.41) is 0. The summed E-state index contributed by atoms with van der Waals surface area (Å²) in [5.74, 6) is -0.0256. The summed E-state index contributed by atoms with van der Waals surface area (Å²) < 4.78 is 0. The van der Waals surface area contributed by atoms with Gasteiger partial charge in [-0.15, -0.1) is 0 Å². The van der Waals surface area contributed by atoms with E-state index in [-0.39, 0.29) is 11.8 Å². The third-order valence-corrected chi connectivity index (χ3v) is 6.13. The molecule has 29 heavy (non-hydrogen) atoms. The molecule has 1 aliphatic heterocycles. The van der Waals surface area contributed by atoms with Crippen molar-refractivity contribution in [2.24, 2.45) is 5.41 Å². The number of carbonyl (C=O) groups is 2. The van der Waals surface area contributed by atoms with Crippen LogP contribution in [0.2, 0.25) is 0 Å². The highest BCUT2D eigenvalue weighted by molar-refractivity contribution is 6.14. The quantitative estimate of drug-likeness (QED) is 0.733. The van der Waals surface area contributed by atoms with E-state index in [4.69, 9.17) is 0 Å². The van der Waals surface area contributed by atoms with E-state index in [1.165, 1.54) is 5.69 Å². The Morgan fingerprint density at radius 3 is 2.24 bits per heavy atom. The zero-order valence-corrected chi connectivity index (χ0v) is 17.3. The number of hydrogen-bond acceptors (Lipinski definition) is 3. The monoisotopic (exact) mass is 391 g/mol. The molecule has 1 saturated carbocycles. The molecule has 0 bridgehead atoms. The van der Waals surface area contributed by atoms with Gasteiger partial charge in [-0.1, -0.05) is 30.3 Å². The van der Waals surface area contributed by atoms with Gasteiger partial charge >= 0.3 is 0 Å². The van der Waals surface area contributed by atoms with Gasteiger partial charge in [0.15, 0.2) is 0 Å². The number of aryl methyl sites for hydroxylation is 1. The van der Waals surface area contributed by atoms with Gasteiger partial charge in [0, 0.05) is 44.1 Å². The average molecular weight is 392 g/mol. The molecule has 5 nitrogen and oxygen atoms in total. The lowest BCUT2D eigenvalue weighted by Gasteiger charge is -2.38. The van der Waals surface area contributed by atoms with Crippen LogP contribution >= 0.6 is 0 Å². The first-order chi connectivity index (χ1) is 14.0. The highest BCUT2D eigenvalue weighted by Crippen LogP contribution is 2.49. The number of carbonyl (C=O) groups excluding carboxylic acids is 2. The molecule has 2 fully saturated rings. The van der Waals surface area contributed by atoms with Crippen molar-refractivity contribution in [3.05, 3.63) is 60.2 Å². The molecular weight excluding hydrogens is 362 g/mol. The second-order valence-corrected chi connectivity index (χ2v) is 8.09. The number of rotatable bonds is 5. The molecule has 0 atom stereocenters. The molecule has 5 heteroatoms. The average Bonchev–Trinajstić information content (AvgIpc) is 3.57. The van der Waals surface area contributed by atoms with E-state index >= 15 is 0 Å². The van der Waals surface area contributed by atoms with Crippen LogP contribution in [0, 0.1) is 12.3 Å². The molecule has 0 N–H and O–H groups in total. The Kier molecular flexibility index (Phi) is 5.31. The summed E-state index contributed by atoms with van der Waals surface area (Å²) in [7, 11) is 0. The van der Waals surface area contributed by atoms with Gasteiger partial charge in [0.25, 0.3) is 0 Å². The minimum absolute atomic E-state index is 0.0151. The minimum Gasteiger partial charge on any atom is -0.368 e. The van der Waals surface area contributed by atoms with Crippen molar-refractivity contribution in [3.63, 3.8) is 0 Å². The van der Waals surface area contributed by atoms with Crippen molar-refractivity contribution in [1.29, 1.82) is 0 Å². The highest BCUT2D eigenvalue weighted by atomic mass is 16.2. The summed E-state index contributed by atoms with van der Waals surface area (Å²) in [5.41, 5.74) is 2.33. The predicted molar refractivity (Wildman–Crippen MR) is 116 cm³/mol. The number of hydrogen-bond donors (Lipinski definition) is 0. The first-order valence-electron chi connectivity index (χ1n) is 10.5. The molecule has 0 radical (unpaired) electrons. The maximum Gasteiger partial charge on any atom is 0.242 e. The van der Waals surface area contributed by atoms with Gasteiger partial charge in [0.2, 0.25) is 11.8 Å². The zero-order chi connectivity index (χ0) is 20.4. The van der Waals surface area contributed by atoms with Crippen molar-refractivity contribution < 1.29 is 9.59 Å². The fourth-order valence-electron chi connectivity index (χ4n) is 4.25. The maximum atomic E-state index is 13.4. The lowest BCUT2D eigenvalue weighted by molar-refractivity contribution is -0.143. The van der Waals surface area contributed by atoms with Gasteiger partial charge in [-0.2, -0.15) is 0 Å². The number of para-hydroxylation sites is 1. The number of nitrogens with zero attached hydrogens (tertiary/aromatic N) is 3. The van der Waals surface area contributed by atoms with E-state index in [9.17, 15) is 9.59 Å². The Bertz CT molecular complexity index is 884. The molecule has 1 heterocycles. The van der Waals surface area contributed by atoms with E-state index in [1.807, 2.05) is 61.2 Å². The summed E-state index contributed by atoms with van der Waals surface area (Å²) in [6.07, 6.45) is 1.32. The second-order valence-electron chi connectivity index (χ2n) is 8.09. The Labute approximate surface area is 172 Å². The number of anilines is 2. The van der Waals surface area contributed by atoms with Crippen molar-refractivity contribution in [2.75, 3.05) is 42.5 Å². The number of benzene rings is 2. The molecule has 0 aromatic heterocycles. The van der Waals surface area contributed by atoms with E-state index in [0.717, 1.165) is 24.3 Å². The van der Waals surface area contributed by atoms with Gasteiger partial charge < -0.3 is 14.7 Å². The predicted octanol–water partition coefficient (Wildman–Crippen LogP) is 3.48. The fourth-order valence-corrected chi connectivity index (χ4v) is 4.25. The van der Waals surface area contributed by atoms with Crippen LogP contribution in [0.25, 0.3) is 0 Å². The van der Waals surface area contributed by atoms with E-state index in [1.54, 1.807) is 4.90 Å². The molecule has 2 aromatic carbocycles. The Morgan fingerprint density at radius 1 is 0.966 bits per heavy atom. The van der Waals surface area contributed by atoms with E-state index < -0.39 is 5.41 Å². The van der Waals surface area contributed by atoms with Crippen LogP contribution < -0.4 is 9.80 Å². The fraction of sp³-hybridized carbons (Fsp3) is 0.417. The first kappa shape index (κ1) is 19.5. The highest BCUT2D eigenvalue weighted by Gasteiger charge is 2.59. The van der Waals surface area contributed by atoms with Crippen LogP contribution in [0.15, 0.2) is 54.6 Å². The summed E-state index contributed by atoms with van der Waals surface area (Å²) in [6.45, 7) is 7.49. The summed E-state index contributed by atoms with van der Waals surface area (Å²) in [6, 6.07) is 18.2. The van der Waals surface area contributed by atoms with Crippen molar-refractivity contribution in [3.8, 4) is 0 Å². The Hall–Kier alpha value is -2.82. The summed E-state index contributed by atoms with van der Waals surface area (Å²) >= 11 is 0. The van der Waals surface area contributed by atoms with Crippen LogP contribution in [0.4, 0.5) is 11.4 Å². The van der Waals surface area contributed by atoms with Crippen molar-refractivity contribution >= 4 is 23.2 Å². The molecule has 152 valence electrons. The molecule has 2 aliphatic rings. The Balaban J connectivity index is 1.45. The van der Waals surface area contributed by atoms with Crippen molar-refractivity contribution in [1.82, 2.24) is 4.90 Å². The third kappa shape index (κ3) is 3.74. The van der Waals surface area contributed by atoms with E-state index in [2.05, 4.69) is 17.0 Å². The molecule has 0 unspecified atom stereocenters. The molecule has 4 rings (SSSR count). The largest absolute Gasteiger partial charge is 0.368 e. The van der Waals surface area contributed by atoms with Crippen LogP contribution in [-0.2, 0) is 9.59 Å².